The van der Waals surface area contributed by atoms with E-state index in [-0.39, 0.29) is 11.5 Å². The molecule has 0 aliphatic rings. The van der Waals surface area contributed by atoms with Gasteiger partial charge in [-0.05, 0) is 23.5 Å². The third-order valence-corrected chi connectivity index (χ3v) is 4.33. The molecule has 17 heavy (non-hydrogen) atoms. The van der Waals surface area contributed by atoms with Crippen molar-refractivity contribution in [2.24, 2.45) is 11.7 Å². The van der Waals surface area contributed by atoms with Gasteiger partial charge in [-0.25, -0.2) is 8.42 Å². The molecule has 1 aromatic carbocycles. The standard InChI is InChI=1S/C13H21NO2S/c1-11(2)7-8-17(15,16)10-13-6-4-3-5-12(13)9-14/h3-6,11H,7-10,14H2,1-2H3. The number of hydrogen-bond donors (Lipinski definition) is 1. The van der Waals surface area contributed by atoms with E-state index in [1.54, 1.807) is 0 Å². The van der Waals surface area contributed by atoms with E-state index in [0.29, 0.717) is 18.9 Å². The number of nitrogens with two attached hydrogens (primary N) is 1. The maximum absolute atomic E-state index is 11.9. The summed E-state index contributed by atoms with van der Waals surface area (Å²) in [7, 11) is -3.02. The largest absolute Gasteiger partial charge is 0.326 e. The van der Waals surface area contributed by atoms with Crippen LogP contribution in [-0.2, 0) is 22.1 Å². The second kappa shape index (κ2) is 6.17. The van der Waals surface area contributed by atoms with Crippen molar-refractivity contribution in [3.8, 4) is 0 Å². The average molecular weight is 255 g/mol. The lowest BCUT2D eigenvalue weighted by Gasteiger charge is -2.09. The zero-order valence-electron chi connectivity index (χ0n) is 10.5. The summed E-state index contributed by atoms with van der Waals surface area (Å²) in [6.45, 7) is 4.45. The number of rotatable bonds is 6. The van der Waals surface area contributed by atoms with E-state index in [0.717, 1.165) is 11.1 Å². The summed E-state index contributed by atoms with van der Waals surface area (Å²) in [5, 5.41) is 0. The maximum atomic E-state index is 11.9. The Hall–Kier alpha value is -0.870. The van der Waals surface area contributed by atoms with Gasteiger partial charge in [0, 0.05) is 6.54 Å². The van der Waals surface area contributed by atoms with E-state index < -0.39 is 9.84 Å². The number of hydrogen-bond acceptors (Lipinski definition) is 3. The Kier molecular flexibility index (Phi) is 5.15. The highest BCUT2D eigenvalue weighted by atomic mass is 32.2. The third-order valence-electron chi connectivity index (χ3n) is 2.72. The van der Waals surface area contributed by atoms with Crippen molar-refractivity contribution in [2.45, 2.75) is 32.6 Å². The molecule has 0 unspecified atom stereocenters. The van der Waals surface area contributed by atoms with Gasteiger partial charge in [-0.3, -0.25) is 0 Å². The highest BCUT2D eigenvalue weighted by Crippen LogP contribution is 2.14. The van der Waals surface area contributed by atoms with Crippen LogP contribution < -0.4 is 5.73 Å². The van der Waals surface area contributed by atoms with Crippen molar-refractivity contribution in [1.82, 2.24) is 0 Å². The monoisotopic (exact) mass is 255 g/mol. The quantitative estimate of drug-likeness (QED) is 0.847. The van der Waals surface area contributed by atoms with Crippen LogP contribution in [0.5, 0.6) is 0 Å². The van der Waals surface area contributed by atoms with Gasteiger partial charge in [-0.1, -0.05) is 38.1 Å². The molecule has 0 atom stereocenters. The first-order valence-electron chi connectivity index (χ1n) is 5.92. The maximum Gasteiger partial charge on any atom is 0.154 e. The van der Waals surface area contributed by atoms with Crippen LogP contribution in [0.3, 0.4) is 0 Å². The molecule has 0 aromatic heterocycles. The fourth-order valence-corrected chi connectivity index (χ4v) is 3.35. The van der Waals surface area contributed by atoms with Crippen LogP contribution in [0, 0.1) is 5.92 Å². The smallest absolute Gasteiger partial charge is 0.154 e. The van der Waals surface area contributed by atoms with E-state index in [4.69, 9.17) is 5.73 Å². The van der Waals surface area contributed by atoms with Crippen molar-refractivity contribution < 1.29 is 8.42 Å². The van der Waals surface area contributed by atoms with Crippen LogP contribution in [-0.4, -0.2) is 14.2 Å². The zero-order valence-corrected chi connectivity index (χ0v) is 11.3. The van der Waals surface area contributed by atoms with Crippen LogP contribution in [0.2, 0.25) is 0 Å². The summed E-state index contributed by atoms with van der Waals surface area (Å²) in [5.41, 5.74) is 7.35. The van der Waals surface area contributed by atoms with Crippen molar-refractivity contribution in [1.29, 1.82) is 0 Å². The van der Waals surface area contributed by atoms with E-state index in [1.165, 1.54) is 0 Å². The SMILES string of the molecule is CC(C)CCS(=O)(=O)Cc1ccccc1CN. The van der Waals surface area contributed by atoms with Gasteiger partial charge in [0.25, 0.3) is 0 Å². The highest BCUT2D eigenvalue weighted by molar-refractivity contribution is 7.90. The van der Waals surface area contributed by atoms with Crippen molar-refractivity contribution in [2.75, 3.05) is 5.75 Å². The summed E-state index contributed by atoms with van der Waals surface area (Å²) < 4.78 is 23.9. The summed E-state index contributed by atoms with van der Waals surface area (Å²) in [6, 6.07) is 7.46. The molecule has 0 fully saturated rings. The minimum atomic E-state index is -3.02. The second-order valence-electron chi connectivity index (χ2n) is 4.75. The van der Waals surface area contributed by atoms with Gasteiger partial charge >= 0.3 is 0 Å². The lowest BCUT2D eigenvalue weighted by molar-refractivity contribution is 0.573. The second-order valence-corrected chi connectivity index (χ2v) is 6.93. The first kappa shape index (κ1) is 14.2. The minimum absolute atomic E-state index is 0.104. The van der Waals surface area contributed by atoms with Gasteiger partial charge in [0.15, 0.2) is 9.84 Å². The van der Waals surface area contributed by atoms with Gasteiger partial charge in [-0.15, -0.1) is 0 Å². The van der Waals surface area contributed by atoms with Crippen LogP contribution in [0.4, 0.5) is 0 Å². The average Bonchev–Trinajstić information content (AvgIpc) is 2.27. The number of sulfone groups is 1. The molecule has 0 amide bonds. The normalized spacial score (nSPS) is 12.0. The fourth-order valence-electron chi connectivity index (χ4n) is 1.62. The first-order valence-corrected chi connectivity index (χ1v) is 7.74. The van der Waals surface area contributed by atoms with Gasteiger partial charge in [0.1, 0.15) is 0 Å². The molecule has 4 heteroatoms. The Morgan fingerprint density at radius 2 is 1.76 bits per heavy atom. The van der Waals surface area contributed by atoms with E-state index in [9.17, 15) is 8.42 Å². The van der Waals surface area contributed by atoms with Gasteiger partial charge in [0.05, 0.1) is 11.5 Å². The van der Waals surface area contributed by atoms with Gasteiger partial charge < -0.3 is 5.73 Å². The Balaban J connectivity index is 2.76. The molecule has 0 heterocycles. The van der Waals surface area contributed by atoms with Crippen LogP contribution >= 0.6 is 0 Å². The van der Waals surface area contributed by atoms with Crippen LogP contribution in [0.25, 0.3) is 0 Å². The molecule has 0 aliphatic heterocycles. The summed E-state index contributed by atoms with van der Waals surface area (Å²) in [6.07, 6.45) is 0.715. The first-order chi connectivity index (χ1) is 7.94. The van der Waals surface area contributed by atoms with E-state index >= 15 is 0 Å². The topological polar surface area (TPSA) is 60.2 Å². The highest BCUT2D eigenvalue weighted by Gasteiger charge is 2.14. The molecule has 0 saturated carbocycles. The molecule has 0 radical (unpaired) electrons. The molecule has 2 N–H and O–H groups in total. The van der Waals surface area contributed by atoms with Crippen molar-refractivity contribution in [3.63, 3.8) is 0 Å². The van der Waals surface area contributed by atoms with Gasteiger partial charge in [0.2, 0.25) is 0 Å². The molecule has 0 saturated heterocycles. The summed E-state index contributed by atoms with van der Waals surface area (Å²) >= 11 is 0. The Morgan fingerprint density at radius 3 is 2.29 bits per heavy atom. The van der Waals surface area contributed by atoms with Crippen LogP contribution in [0.15, 0.2) is 24.3 Å². The molecule has 96 valence electrons. The molecule has 0 spiro atoms. The van der Waals surface area contributed by atoms with E-state index in [1.807, 2.05) is 38.1 Å². The third kappa shape index (κ3) is 4.88. The Bertz CT molecular complexity index is 452. The number of benzene rings is 1. The zero-order chi connectivity index (χ0) is 12.9. The minimum Gasteiger partial charge on any atom is -0.326 e. The van der Waals surface area contributed by atoms with E-state index in [2.05, 4.69) is 0 Å². The molecule has 0 aliphatic carbocycles. The Labute approximate surface area is 104 Å². The molecule has 3 nitrogen and oxygen atoms in total. The molecule has 1 rings (SSSR count). The summed E-state index contributed by atoms with van der Waals surface area (Å²) in [4.78, 5) is 0. The van der Waals surface area contributed by atoms with Crippen LogP contribution in [0.1, 0.15) is 31.4 Å². The van der Waals surface area contributed by atoms with Gasteiger partial charge in [-0.2, -0.15) is 0 Å². The molecular weight excluding hydrogens is 234 g/mol. The molecule has 1 aromatic rings. The predicted molar refractivity (Wildman–Crippen MR) is 71.3 cm³/mol. The summed E-state index contributed by atoms with van der Waals surface area (Å²) in [5.74, 6) is 0.769. The van der Waals surface area contributed by atoms with Crippen molar-refractivity contribution in [3.05, 3.63) is 35.4 Å². The molecule has 0 bridgehead atoms. The Morgan fingerprint density at radius 1 is 1.18 bits per heavy atom. The lowest BCUT2D eigenvalue weighted by Crippen LogP contribution is -2.13. The fraction of sp³-hybridized carbons (Fsp3) is 0.538. The lowest BCUT2D eigenvalue weighted by atomic mass is 10.1. The molecular formula is C13H21NO2S. The predicted octanol–water partition coefficient (Wildman–Crippen LogP) is 2.11. The van der Waals surface area contributed by atoms with Crippen molar-refractivity contribution >= 4 is 9.84 Å².